The van der Waals surface area contributed by atoms with Gasteiger partial charge in [0.25, 0.3) is 0 Å². The van der Waals surface area contributed by atoms with Gasteiger partial charge in [-0.1, -0.05) is 18.6 Å². The second-order valence-electron chi connectivity index (χ2n) is 6.13. The lowest BCUT2D eigenvalue weighted by atomic mass is 9.76. The van der Waals surface area contributed by atoms with Crippen LogP contribution in [0.15, 0.2) is 18.2 Å². The first-order valence-electron chi connectivity index (χ1n) is 7.79. The third kappa shape index (κ3) is 2.99. The lowest BCUT2D eigenvalue weighted by Crippen LogP contribution is -2.48. The van der Waals surface area contributed by atoms with Crippen LogP contribution in [0.2, 0.25) is 0 Å². The van der Waals surface area contributed by atoms with Gasteiger partial charge in [-0.3, -0.25) is 4.90 Å². The first-order valence-corrected chi connectivity index (χ1v) is 7.79. The van der Waals surface area contributed by atoms with Gasteiger partial charge in [0.2, 0.25) is 0 Å². The van der Waals surface area contributed by atoms with Gasteiger partial charge in [0.15, 0.2) is 0 Å². The Hall–Kier alpha value is -1.14. The molecule has 1 aliphatic heterocycles. The van der Waals surface area contributed by atoms with Crippen LogP contribution in [-0.2, 0) is 6.18 Å². The number of rotatable bonds is 3. The summed E-state index contributed by atoms with van der Waals surface area (Å²) in [6, 6.07) is 3.44. The molecule has 2 fully saturated rings. The van der Waals surface area contributed by atoms with Gasteiger partial charge < -0.3 is 5.32 Å². The van der Waals surface area contributed by atoms with E-state index < -0.39 is 17.6 Å². The fourth-order valence-corrected chi connectivity index (χ4v) is 3.46. The highest BCUT2D eigenvalue weighted by Gasteiger charge is 2.39. The lowest BCUT2D eigenvalue weighted by Gasteiger charge is -2.43. The second-order valence-corrected chi connectivity index (χ2v) is 6.13. The van der Waals surface area contributed by atoms with Gasteiger partial charge in [0, 0.05) is 37.8 Å². The number of halogens is 4. The smallest absolute Gasteiger partial charge is 0.314 e. The number of alkyl halides is 3. The molecular formula is C16H20F4N2. The van der Waals surface area contributed by atoms with Crippen molar-refractivity contribution in [2.75, 3.05) is 26.2 Å². The van der Waals surface area contributed by atoms with E-state index in [1.165, 1.54) is 12.1 Å². The summed E-state index contributed by atoms with van der Waals surface area (Å²) in [5.41, 5.74) is -0.939. The molecule has 1 N–H and O–H groups in total. The van der Waals surface area contributed by atoms with Crippen molar-refractivity contribution in [1.29, 1.82) is 0 Å². The molecule has 1 heterocycles. The normalized spacial score (nSPS) is 22.4. The monoisotopic (exact) mass is 316 g/mol. The molecule has 6 heteroatoms. The third-order valence-electron chi connectivity index (χ3n) is 4.79. The Morgan fingerprint density at radius 2 is 1.82 bits per heavy atom. The van der Waals surface area contributed by atoms with Crippen LogP contribution in [0.5, 0.6) is 0 Å². The average molecular weight is 316 g/mol. The van der Waals surface area contributed by atoms with Gasteiger partial charge in [-0.2, -0.15) is 13.2 Å². The molecule has 0 aromatic heterocycles. The molecule has 0 spiro atoms. The number of nitrogens with zero attached hydrogens (tertiary/aromatic N) is 1. The molecule has 0 radical (unpaired) electrons. The van der Waals surface area contributed by atoms with Gasteiger partial charge >= 0.3 is 6.18 Å². The van der Waals surface area contributed by atoms with Crippen molar-refractivity contribution in [3.8, 4) is 0 Å². The standard InChI is InChI=1S/C16H20F4N2/c17-14-12(5-2-6-13(14)16(18,19)20)15(11-3-1-4-11)22-9-7-21-8-10-22/h2,5-6,11,15,21H,1,3-4,7-10H2/t15-/m1/s1. The van der Waals surface area contributed by atoms with Crippen LogP contribution in [0, 0.1) is 11.7 Å². The molecule has 1 aromatic rings. The maximum Gasteiger partial charge on any atom is 0.419 e. The maximum absolute atomic E-state index is 14.5. The number of hydrogen-bond donors (Lipinski definition) is 1. The van der Waals surface area contributed by atoms with E-state index in [4.69, 9.17) is 0 Å². The van der Waals surface area contributed by atoms with Crippen LogP contribution in [0.3, 0.4) is 0 Å². The van der Waals surface area contributed by atoms with E-state index in [9.17, 15) is 17.6 Å². The van der Waals surface area contributed by atoms with Crippen LogP contribution in [0.4, 0.5) is 17.6 Å². The van der Waals surface area contributed by atoms with E-state index in [2.05, 4.69) is 10.2 Å². The topological polar surface area (TPSA) is 15.3 Å². The van der Waals surface area contributed by atoms with Crippen LogP contribution in [-0.4, -0.2) is 31.1 Å². The molecule has 0 amide bonds. The van der Waals surface area contributed by atoms with E-state index in [0.717, 1.165) is 51.5 Å². The zero-order chi connectivity index (χ0) is 15.7. The zero-order valence-corrected chi connectivity index (χ0v) is 12.3. The van der Waals surface area contributed by atoms with Gasteiger partial charge in [0.1, 0.15) is 5.82 Å². The van der Waals surface area contributed by atoms with Gasteiger partial charge in [-0.15, -0.1) is 0 Å². The van der Waals surface area contributed by atoms with Gasteiger partial charge in [-0.05, 0) is 24.8 Å². The molecule has 22 heavy (non-hydrogen) atoms. The summed E-state index contributed by atoms with van der Waals surface area (Å²) in [4.78, 5) is 2.14. The fraction of sp³-hybridized carbons (Fsp3) is 0.625. The summed E-state index contributed by atoms with van der Waals surface area (Å²) in [5.74, 6) is -0.832. The molecule has 1 atom stereocenters. The number of piperazine rings is 1. The highest BCUT2D eigenvalue weighted by Crippen LogP contribution is 2.44. The van der Waals surface area contributed by atoms with Crippen molar-refractivity contribution >= 4 is 0 Å². The first-order chi connectivity index (χ1) is 10.5. The largest absolute Gasteiger partial charge is 0.419 e. The Balaban J connectivity index is 1.97. The summed E-state index contributed by atoms with van der Waals surface area (Å²) >= 11 is 0. The van der Waals surface area contributed by atoms with Crippen molar-refractivity contribution in [2.45, 2.75) is 31.5 Å². The van der Waals surface area contributed by atoms with Crippen LogP contribution < -0.4 is 5.32 Å². The summed E-state index contributed by atoms with van der Waals surface area (Å²) in [5, 5.41) is 3.23. The van der Waals surface area contributed by atoms with Crippen molar-refractivity contribution in [2.24, 2.45) is 5.92 Å². The third-order valence-corrected chi connectivity index (χ3v) is 4.79. The lowest BCUT2D eigenvalue weighted by molar-refractivity contribution is -0.140. The van der Waals surface area contributed by atoms with Crippen LogP contribution in [0.1, 0.15) is 36.4 Å². The predicted molar refractivity (Wildman–Crippen MR) is 75.9 cm³/mol. The van der Waals surface area contributed by atoms with Gasteiger partial charge in [-0.25, -0.2) is 4.39 Å². The second kappa shape index (κ2) is 6.16. The summed E-state index contributed by atoms with van der Waals surface area (Å²) < 4.78 is 53.4. The molecule has 0 bridgehead atoms. The SMILES string of the molecule is Fc1c([C@@H](C2CCC2)N2CCNCC2)cccc1C(F)(F)F. The average Bonchev–Trinajstić information content (AvgIpc) is 2.43. The Morgan fingerprint density at radius 3 is 2.36 bits per heavy atom. The summed E-state index contributed by atoms with van der Waals surface area (Å²) in [6.45, 7) is 3.08. The minimum absolute atomic E-state index is 0.210. The van der Waals surface area contributed by atoms with Crippen molar-refractivity contribution in [1.82, 2.24) is 10.2 Å². The molecule has 1 aliphatic carbocycles. The molecule has 3 rings (SSSR count). The zero-order valence-electron chi connectivity index (χ0n) is 12.3. The Labute approximate surface area is 127 Å². The predicted octanol–water partition coefficient (Wildman–Crippen LogP) is 3.59. The van der Waals surface area contributed by atoms with Crippen molar-refractivity contribution in [3.05, 3.63) is 35.1 Å². The molecular weight excluding hydrogens is 296 g/mol. The quantitative estimate of drug-likeness (QED) is 0.857. The molecule has 1 saturated heterocycles. The summed E-state index contributed by atoms with van der Waals surface area (Å²) in [6.07, 6.45) is -1.64. The van der Waals surface area contributed by atoms with E-state index in [1.54, 1.807) is 0 Å². The molecule has 1 saturated carbocycles. The molecule has 2 nitrogen and oxygen atoms in total. The van der Waals surface area contributed by atoms with Crippen molar-refractivity contribution in [3.63, 3.8) is 0 Å². The highest BCUT2D eigenvalue weighted by molar-refractivity contribution is 5.31. The molecule has 2 aliphatic rings. The van der Waals surface area contributed by atoms with E-state index in [1.807, 2.05) is 0 Å². The van der Waals surface area contributed by atoms with Crippen LogP contribution >= 0.6 is 0 Å². The molecule has 122 valence electrons. The molecule has 0 unspecified atom stereocenters. The highest BCUT2D eigenvalue weighted by atomic mass is 19.4. The minimum atomic E-state index is -4.65. The fourth-order valence-electron chi connectivity index (χ4n) is 3.46. The first kappa shape index (κ1) is 15.7. The Bertz CT molecular complexity index is 519. The summed E-state index contributed by atoms with van der Waals surface area (Å²) in [7, 11) is 0. The van der Waals surface area contributed by atoms with E-state index in [0.29, 0.717) is 0 Å². The minimum Gasteiger partial charge on any atom is -0.314 e. The van der Waals surface area contributed by atoms with E-state index >= 15 is 0 Å². The number of benzene rings is 1. The van der Waals surface area contributed by atoms with Gasteiger partial charge in [0.05, 0.1) is 5.56 Å². The molecule has 1 aromatic carbocycles. The van der Waals surface area contributed by atoms with E-state index in [-0.39, 0.29) is 17.5 Å². The number of hydrogen-bond acceptors (Lipinski definition) is 2. The van der Waals surface area contributed by atoms with Crippen LogP contribution in [0.25, 0.3) is 0 Å². The Morgan fingerprint density at radius 1 is 1.14 bits per heavy atom. The van der Waals surface area contributed by atoms with Crippen molar-refractivity contribution < 1.29 is 17.6 Å². The maximum atomic E-state index is 14.5. The number of nitrogens with one attached hydrogen (secondary N) is 1. The Kier molecular flexibility index (Phi) is 4.41.